The third-order valence-corrected chi connectivity index (χ3v) is 4.01. The highest BCUT2D eigenvalue weighted by Gasteiger charge is 2.30. The number of ether oxygens (including phenoxy) is 3. The second kappa shape index (κ2) is 9.62. The fraction of sp³-hybridized carbons (Fsp3) is 0.400. The third kappa shape index (κ3) is 5.87. The molecule has 2 aromatic carbocycles. The first-order chi connectivity index (χ1) is 12.9. The van der Waals surface area contributed by atoms with Crippen molar-refractivity contribution in [1.29, 1.82) is 0 Å². The molecule has 0 fully saturated rings. The molecule has 0 aromatic heterocycles. The first-order valence-corrected chi connectivity index (χ1v) is 8.63. The SMILES string of the molecule is CCOc1ccc(C(Oc2ccc(C(F)(F)F)cc2)C(CNC)OC)cc1. The summed E-state index contributed by atoms with van der Waals surface area (Å²) in [6.45, 7) is 2.97. The number of nitrogens with one attached hydrogen (secondary N) is 1. The summed E-state index contributed by atoms with van der Waals surface area (Å²) in [5, 5.41) is 3.04. The van der Waals surface area contributed by atoms with Gasteiger partial charge in [-0.05, 0) is 55.9 Å². The summed E-state index contributed by atoms with van der Waals surface area (Å²) < 4.78 is 55.2. The Morgan fingerprint density at radius 2 is 1.56 bits per heavy atom. The first kappa shape index (κ1) is 21.1. The molecule has 1 N–H and O–H groups in total. The fourth-order valence-electron chi connectivity index (χ4n) is 2.66. The van der Waals surface area contributed by atoms with Gasteiger partial charge in [0, 0.05) is 13.7 Å². The maximum absolute atomic E-state index is 12.7. The van der Waals surface area contributed by atoms with Crippen LogP contribution in [0.5, 0.6) is 11.5 Å². The highest BCUT2D eigenvalue weighted by Crippen LogP contribution is 2.32. The minimum Gasteiger partial charge on any atom is -0.494 e. The van der Waals surface area contributed by atoms with Crippen LogP contribution in [-0.4, -0.2) is 33.4 Å². The van der Waals surface area contributed by atoms with Crippen LogP contribution >= 0.6 is 0 Å². The maximum atomic E-state index is 12.7. The van der Waals surface area contributed by atoms with Crippen LogP contribution < -0.4 is 14.8 Å². The van der Waals surface area contributed by atoms with Crippen LogP contribution in [0, 0.1) is 0 Å². The molecule has 4 nitrogen and oxygen atoms in total. The van der Waals surface area contributed by atoms with Gasteiger partial charge in [0.2, 0.25) is 0 Å². The van der Waals surface area contributed by atoms with E-state index >= 15 is 0 Å². The van der Waals surface area contributed by atoms with E-state index in [0.29, 0.717) is 18.9 Å². The van der Waals surface area contributed by atoms with E-state index in [1.165, 1.54) is 12.1 Å². The molecule has 2 atom stereocenters. The van der Waals surface area contributed by atoms with Gasteiger partial charge in [-0.2, -0.15) is 13.2 Å². The van der Waals surface area contributed by atoms with Gasteiger partial charge in [0.25, 0.3) is 0 Å². The summed E-state index contributed by atoms with van der Waals surface area (Å²) in [6, 6.07) is 12.0. The van der Waals surface area contributed by atoms with Gasteiger partial charge in [0.1, 0.15) is 17.6 Å². The molecule has 27 heavy (non-hydrogen) atoms. The summed E-state index contributed by atoms with van der Waals surface area (Å²) in [6.07, 6.45) is -5.22. The highest BCUT2D eigenvalue weighted by molar-refractivity contribution is 5.32. The number of hydrogen-bond acceptors (Lipinski definition) is 4. The molecule has 0 radical (unpaired) electrons. The lowest BCUT2D eigenvalue weighted by Gasteiger charge is -2.27. The van der Waals surface area contributed by atoms with Crippen LogP contribution in [0.4, 0.5) is 13.2 Å². The van der Waals surface area contributed by atoms with Gasteiger partial charge in [0.05, 0.1) is 12.2 Å². The molecular weight excluding hydrogens is 359 g/mol. The Balaban J connectivity index is 2.26. The Bertz CT molecular complexity index is 687. The summed E-state index contributed by atoms with van der Waals surface area (Å²) in [5.74, 6) is 1.07. The van der Waals surface area contributed by atoms with Crippen molar-refractivity contribution in [2.75, 3.05) is 27.3 Å². The number of rotatable bonds is 9. The standard InChI is InChI=1S/C20H24F3NO3/c1-4-26-16-9-5-14(6-10-16)19(18(25-3)13-24-2)27-17-11-7-15(8-12-17)20(21,22)23/h5-12,18-19,24H,4,13H2,1-3H3. The molecule has 2 unspecified atom stereocenters. The van der Waals surface area contributed by atoms with E-state index in [9.17, 15) is 13.2 Å². The van der Waals surface area contributed by atoms with Crippen molar-refractivity contribution in [3.63, 3.8) is 0 Å². The lowest BCUT2D eigenvalue weighted by Crippen LogP contribution is -2.34. The smallest absolute Gasteiger partial charge is 0.416 e. The molecule has 0 bridgehead atoms. The van der Waals surface area contributed by atoms with Gasteiger partial charge in [0.15, 0.2) is 6.10 Å². The monoisotopic (exact) mass is 383 g/mol. The number of likely N-dealkylation sites (N-methyl/N-ethyl adjacent to an activating group) is 1. The molecule has 0 saturated heterocycles. The number of alkyl halides is 3. The lowest BCUT2D eigenvalue weighted by molar-refractivity contribution is -0.137. The zero-order valence-electron chi connectivity index (χ0n) is 15.5. The minimum atomic E-state index is -4.38. The highest BCUT2D eigenvalue weighted by atomic mass is 19.4. The van der Waals surface area contributed by atoms with Gasteiger partial charge in [-0.15, -0.1) is 0 Å². The topological polar surface area (TPSA) is 39.7 Å². The van der Waals surface area contributed by atoms with Crippen LogP contribution in [0.25, 0.3) is 0 Å². The van der Waals surface area contributed by atoms with E-state index in [2.05, 4.69) is 5.32 Å². The van der Waals surface area contributed by atoms with E-state index in [1.54, 1.807) is 14.2 Å². The van der Waals surface area contributed by atoms with Crippen LogP contribution in [0.15, 0.2) is 48.5 Å². The quantitative estimate of drug-likeness (QED) is 0.694. The zero-order chi connectivity index (χ0) is 19.9. The van der Waals surface area contributed by atoms with Crippen molar-refractivity contribution in [2.45, 2.75) is 25.3 Å². The van der Waals surface area contributed by atoms with Crippen molar-refractivity contribution >= 4 is 0 Å². The summed E-state index contributed by atoms with van der Waals surface area (Å²) in [7, 11) is 3.36. The molecule has 0 aliphatic heterocycles. The van der Waals surface area contributed by atoms with Crippen LogP contribution in [0.2, 0.25) is 0 Å². The largest absolute Gasteiger partial charge is 0.494 e. The average Bonchev–Trinajstić information content (AvgIpc) is 2.65. The van der Waals surface area contributed by atoms with E-state index in [1.807, 2.05) is 31.2 Å². The second-order valence-corrected chi connectivity index (χ2v) is 5.89. The molecule has 2 aromatic rings. The van der Waals surface area contributed by atoms with Gasteiger partial charge < -0.3 is 19.5 Å². The lowest BCUT2D eigenvalue weighted by atomic mass is 10.0. The molecule has 0 aliphatic carbocycles. The molecule has 0 heterocycles. The predicted octanol–water partition coefficient (Wildman–Crippen LogP) is 4.46. The van der Waals surface area contributed by atoms with Gasteiger partial charge in [-0.1, -0.05) is 12.1 Å². The average molecular weight is 383 g/mol. The van der Waals surface area contributed by atoms with E-state index in [4.69, 9.17) is 14.2 Å². The van der Waals surface area contributed by atoms with Gasteiger partial charge in [-0.25, -0.2) is 0 Å². The van der Waals surface area contributed by atoms with Crippen molar-refractivity contribution in [2.24, 2.45) is 0 Å². The Hall–Kier alpha value is -2.25. The third-order valence-electron chi connectivity index (χ3n) is 4.01. The van der Waals surface area contributed by atoms with E-state index < -0.39 is 17.8 Å². The van der Waals surface area contributed by atoms with Crippen molar-refractivity contribution < 1.29 is 27.4 Å². The molecule has 7 heteroatoms. The molecule has 0 amide bonds. The molecule has 2 rings (SSSR count). The number of halogens is 3. The van der Waals surface area contributed by atoms with Gasteiger partial charge >= 0.3 is 6.18 Å². The van der Waals surface area contributed by atoms with Crippen molar-refractivity contribution in [1.82, 2.24) is 5.32 Å². The maximum Gasteiger partial charge on any atom is 0.416 e. The molecule has 0 aliphatic rings. The Morgan fingerprint density at radius 3 is 2.04 bits per heavy atom. The normalized spacial score (nSPS) is 13.9. The van der Waals surface area contributed by atoms with E-state index in [0.717, 1.165) is 23.4 Å². The Labute approximate surface area is 157 Å². The van der Waals surface area contributed by atoms with Crippen LogP contribution in [-0.2, 0) is 10.9 Å². The number of hydrogen-bond donors (Lipinski definition) is 1. The van der Waals surface area contributed by atoms with Crippen LogP contribution in [0.1, 0.15) is 24.2 Å². The summed E-state index contributed by atoms with van der Waals surface area (Å²) in [4.78, 5) is 0. The predicted molar refractivity (Wildman–Crippen MR) is 97.1 cm³/mol. The Morgan fingerprint density at radius 1 is 0.963 bits per heavy atom. The summed E-state index contributed by atoms with van der Waals surface area (Å²) >= 11 is 0. The second-order valence-electron chi connectivity index (χ2n) is 5.89. The van der Waals surface area contributed by atoms with Gasteiger partial charge in [-0.3, -0.25) is 0 Å². The number of methoxy groups -OCH3 is 1. The van der Waals surface area contributed by atoms with Crippen LogP contribution in [0.3, 0.4) is 0 Å². The molecule has 148 valence electrons. The summed E-state index contributed by atoms with van der Waals surface area (Å²) in [5.41, 5.74) is 0.117. The van der Waals surface area contributed by atoms with Crippen molar-refractivity contribution in [3.05, 3.63) is 59.7 Å². The molecular formula is C20H24F3NO3. The van der Waals surface area contributed by atoms with E-state index in [-0.39, 0.29) is 6.10 Å². The zero-order valence-corrected chi connectivity index (χ0v) is 15.5. The molecule has 0 saturated carbocycles. The van der Waals surface area contributed by atoms with Crippen molar-refractivity contribution in [3.8, 4) is 11.5 Å². The molecule has 0 spiro atoms. The number of benzene rings is 2. The minimum absolute atomic E-state index is 0.333. The first-order valence-electron chi connectivity index (χ1n) is 8.63. The fourth-order valence-corrected chi connectivity index (χ4v) is 2.66. The Kier molecular flexibility index (Phi) is 7.50.